The summed E-state index contributed by atoms with van der Waals surface area (Å²) in [6, 6.07) is 13.8. The van der Waals surface area contributed by atoms with E-state index in [-0.39, 0.29) is 5.82 Å². The number of hydrogen-bond donors (Lipinski definition) is 3. The number of aromatic nitrogens is 3. The van der Waals surface area contributed by atoms with Gasteiger partial charge in [-0.05, 0) is 113 Å². The van der Waals surface area contributed by atoms with Gasteiger partial charge in [0.15, 0.2) is 0 Å². The minimum Gasteiger partial charge on any atom is -0.353 e. The summed E-state index contributed by atoms with van der Waals surface area (Å²) < 4.78 is 14.7. The first kappa shape index (κ1) is 24.8. The Morgan fingerprint density at radius 3 is 2.79 bits per heavy atom. The Hall–Kier alpha value is -3.55. The number of H-pyrrole nitrogens is 2. The highest BCUT2D eigenvalue weighted by Crippen LogP contribution is 2.32. The van der Waals surface area contributed by atoms with E-state index in [1.807, 2.05) is 6.07 Å². The number of benzene rings is 2. The SMILES string of the molecule is CN(C)CCCc1cc(F)cc(-c2cccc3[nH]c(-c4n[nH]c5c4=CC(C4CCNCC4)=NCC=5)cc23)c1. The monoisotopic (exact) mass is 510 g/mol. The molecule has 6 nitrogen and oxygen atoms in total. The molecule has 0 amide bonds. The van der Waals surface area contributed by atoms with E-state index in [0.717, 1.165) is 94.9 Å². The van der Waals surface area contributed by atoms with Gasteiger partial charge in [0.2, 0.25) is 0 Å². The molecule has 7 heteroatoms. The van der Waals surface area contributed by atoms with Gasteiger partial charge in [-0.25, -0.2) is 4.39 Å². The summed E-state index contributed by atoms with van der Waals surface area (Å²) in [5.74, 6) is 0.287. The van der Waals surface area contributed by atoms with Crippen LogP contribution in [0.15, 0.2) is 47.5 Å². The van der Waals surface area contributed by atoms with Crippen molar-refractivity contribution in [2.24, 2.45) is 10.9 Å². The van der Waals surface area contributed by atoms with Crippen LogP contribution in [-0.4, -0.2) is 66.1 Å². The van der Waals surface area contributed by atoms with Crippen LogP contribution in [0.25, 0.3) is 45.6 Å². The maximum absolute atomic E-state index is 14.7. The first-order valence-electron chi connectivity index (χ1n) is 13.6. The zero-order chi connectivity index (χ0) is 26.1. The van der Waals surface area contributed by atoms with Gasteiger partial charge in [-0.15, -0.1) is 0 Å². The van der Waals surface area contributed by atoms with Crippen LogP contribution in [0.3, 0.4) is 0 Å². The van der Waals surface area contributed by atoms with Gasteiger partial charge < -0.3 is 15.2 Å². The molecule has 0 radical (unpaired) electrons. The van der Waals surface area contributed by atoms with Crippen molar-refractivity contribution in [1.82, 2.24) is 25.4 Å². The average molecular weight is 511 g/mol. The normalized spacial score (nSPS) is 16.2. The third-order valence-electron chi connectivity index (χ3n) is 7.71. The first-order valence-corrected chi connectivity index (χ1v) is 13.6. The summed E-state index contributed by atoms with van der Waals surface area (Å²) >= 11 is 0. The van der Waals surface area contributed by atoms with Crippen molar-refractivity contribution < 1.29 is 4.39 Å². The Morgan fingerprint density at radius 1 is 1.08 bits per heavy atom. The van der Waals surface area contributed by atoms with Crippen molar-refractivity contribution in [1.29, 1.82) is 0 Å². The summed E-state index contributed by atoms with van der Waals surface area (Å²) in [6.07, 6.45) is 8.41. The summed E-state index contributed by atoms with van der Waals surface area (Å²) in [4.78, 5) is 10.6. The molecule has 2 aromatic heterocycles. The summed E-state index contributed by atoms with van der Waals surface area (Å²) in [5.41, 5.74) is 6.98. The number of piperidine rings is 1. The van der Waals surface area contributed by atoms with Gasteiger partial charge in [-0.3, -0.25) is 10.1 Å². The molecule has 0 aliphatic carbocycles. The predicted molar refractivity (Wildman–Crippen MR) is 154 cm³/mol. The largest absolute Gasteiger partial charge is 0.353 e. The van der Waals surface area contributed by atoms with Crippen molar-refractivity contribution in [2.75, 3.05) is 40.3 Å². The lowest BCUT2D eigenvalue weighted by Crippen LogP contribution is -2.32. The number of aliphatic imine (C=N–C) groups is 1. The van der Waals surface area contributed by atoms with E-state index in [4.69, 9.17) is 10.1 Å². The third kappa shape index (κ3) is 5.08. The molecule has 2 aliphatic heterocycles. The van der Waals surface area contributed by atoms with E-state index >= 15 is 0 Å². The van der Waals surface area contributed by atoms with Crippen LogP contribution in [0.5, 0.6) is 0 Å². The fraction of sp³-hybridized carbons (Fsp3) is 0.355. The fourth-order valence-corrected chi connectivity index (χ4v) is 5.76. The second kappa shape index (κ2) is 10.7. The highest BCUT2D eigenvalue weighted by Gasteiger charge is 2.20. The Kier molecular flexibility index (Phi) is 6.96. The highest BCUT2D eigenvalue weighted by atomic mass is 19.1. The molecule has 0 unspecified atom stereocenters. The lowest BCUT2D eigenvalue weighted by atomic mass is 9.92. The maximum Gasteiger partial charge on any atom is 0.124 e. The van der Waals surface area contributed by atoms with Crippen LogP contribution in [0.2, 0.25) is 0 Å². The molecule has 0 spiro atoms. The molecule has 0 atom stereocenters. The van der Waals surface area contributed by atoms with Crippen molar-refractivity contribution >= 4 is 28.8 Å². The number of nitrogens with zero attached hydrogens (tertiary/aromatic N) is 3. The van der Waals surface area contributed by atoms with Crippen LogP contribution in [0.1, 0.15) is 24.8 Å². The number of fused-ring (bicyclic) bond motifs is 2. The molecule has 2 aromatic carbocycles. The Morgan fingerprint density at radius 2 is 1.95 bits per heavy atom. The van der Waals surface area contributed by atoms with Crippen molar-refractivity contribution in [3.8, 4) is 22.5 Å². The molecular formula is C31H35FN6. The zero-order valence-electron chi connectivity index (χ0n) is 22.1. The molecule has 2 aliphatic rings. The summed E-state index contributed by atoms with van der Waals surface area (Å²) in [7, 11) is 4.13. The molecule has 0 bridgehead atoms. The molecule has 6 rings (SSSR count). The van der Waals surface area contributed by atoms with E-state index < -0.39 is 0 Å². The number of halogens is 1. The lowest BCUT2D eigenvalue weighted by Gasteiger charge is -2.22. The molecule has 4 heterocycles. The van der Waals surface area contributed by atoms with E-state index in [0.29, 0.717) is 12.5 Å². The van der Waals surface area contributed by atoms with Crippen molar-refractivity contribution in [3.63, 3.8) is 0 Å². The predicted octanol–water partition coefficient (Wildman–Crippen LogP) is 3.87. The van der Waals surface area contributed by atoms with Crippen LogP contribution in [0, 0.1) is 11.7 Å². The lowest BCUT2D eigenvalue weighted by molar-refractivity contribution is 0.400. The molecule has 1 saturated heterocycles. The van der Waals surface area contributed by atoms with Gasteiger partial charge in [0.05, 0.1) is 17.6 Å². The number of aryl methyl sites for hydroxylation is 1. The average Bonchev–Trinajstić information content (AvgIpc) is 3.46. The zero-order valence-corrected chi connectivity index (χ0v) is 22.1. The van der Waals surface area contributed by atoms with Gasteiger partial charge in [0, 0.05) is 27.8 Å². The smallest absolute Gasteiger partial charge is 0.124 e. The third-order valence-corrected chi connectivity index (χ3v) is 7.71. The van der Waals surface area contributed by atoms with Crippen LogP contribution in [0.4, 0.5) is 4.39 Å². The number of rotatable bonds is 7. The number of hydrogen-bond acceptors (Lipinski definition) is 4. The first-order chi connectivity index (χ1) is 18.5. The second-order valence-electron chi connectivity index (χ2n) is 10.7. The van der Waals surface area contributed by atoms with Crippen LogP contribution >= 0.6 is 0 Å². The molecule has 196 valence electrons. The molecule has 3 N–H and O–H groups in total. The van der Waals surface area contributed by atoms with Crippen molar-refractivity contribution in [3.05, 3.63) is 64.4 Å². The minimum absolute atomic E-state index is 0.192. The highest BCUT2D eigenvalue weighted by molar-refractivity contribution is 6.12. The topological polar surface area (TPSA) is 72.1 Å². The molecule has 4 aromatic rings. The number of aromatic amines is 2. The minimum atomic E-state index is -0.192. The number of nitrogens with one attached hydrogen (secondary N) is 3. The fourth-order valence-electron chi connectivity index (χ4n) is 5.76. The van der Waals surface area contributed by atoms with Crippen molar-refractivity contribution in [2.45, 2.75) is 25.7 Å². The molecule has 1 fully saturated rings. The Balaban J connectivity index is 1.38. The van der Waals surface area contributed by atoms with Gasteiger partial charge in [0.25, 0.3) is 0 Å². The maximum atomic E-state index is 14.7. The summed E-state index contributed by atoms with van der Waals surface area (Å²) in [5, 5.41) is 14.6. The molecular weight excluding hydrogens is 475 g/mol. The second-order valence-corrected chi connectivity index (χ2v) is 10.7. The molecule has 38 heavy (non-hydrogen) atoms. The van der Waals surface area contributed by atoms with E-state index in [2.05, 4.69) is 70.8 Å². The van der Waals surface area contributed by atoms with Gasteiger partial charge in [0.1, 0.15) is 11.5 Å². The standard InChI is InChI=1S/C31H35FN6/c1-38(2)14-4-5-20-15-22(17-23(32)16-20)24-6-3-7-27-25(24)18-30(35-27)31-26-19-29(21-8-11-33-12-9-21)34-13-10-28(26)36-37-31/h3,6-7,10,15-19,21,33,35-36H,4-5,8-9,11-14H2,1-2H3. The Labute approximate surface area is 222 Å². The van der Waals surface area contributed by atoms with E-state index in [9.17, 15) is 4.39 Å². The quantitative estimate of drug-likeness (QED) is 0.354. The van der Waals surface area contributed by atoms with Gasteiger partial charge in [-0.1, -0.05) is 18.2 Å². The van der Waals surface area contributed by atoms with E-state index in [1.165, 1.54) is 5.71 Å². The Bertz CT molecular complexity index is 1600. The van der Waals surface area contributed by atoms with E-state index in [1.54, 1.807) is 12.1 Å². The van der Waals surface area contributed by atoms with Crippen LogP contribution < -0.4 is 15.9 Å². The van der Waals surface area contributed by atoms with Gasteiger partial charge in [-0.2, -0.15) is 5.10 Å². The molecule has 0 saturated carbocycles. The summed E-state index contributed by atoms with van der Waals surface area (Å²) in [6.45, 7) is 3.72. The van der Waals surface area contributed by atoms with Gasteiger partial charge >= 0.3 is 0 Å². The van der Waals surface area contributed by atoms with Crippen LogP contribution in [-0.2, 0) is 6.42 Å².